The molecule has 1 amide bonds. The molecular formula is C17H34N2O2. The van der Waals surface area contributed by atoms with Crippen molar-refractivity contribution in [2.45, 2.75) is 72.8 Å². The molecule has 0 bridgehead atoms. The summed E-state index contributed by atoms with van der Waals surface area (Å²) in [6, 6.07) is -0.0355. The highest BCUT2D eigenvalue weighted by Crippen LogP contribution is 2.08. The molecule has 0 fully saturated rings. The number of carbonyl (C=O) groups is 2. The zero-order chi connectivity index (χ0) is 16.3. The summed E-state index contributed by atoms with van der Waals surface area (Å²) in [5.74, 6) is 1.08. The van der Waals surface area contributed by atoms with Gasteiger partial charge in [0.2, 0.25) is 5.91 Å². The molecule has 0 heterocycles. The van der Waals surface area contributed by atoms with E-state index in [4.69, 9.17) is 0 Å². The third-order valence-electron chi connectivity index (χ3n) is 3.55. The minimum Gasteiger partial charge on any atom is -0.356 e. The quantitative estimate of drug-likeness (QED) is 0.545. The van der Waals surface area contributed by atoms with Crippen LogP contribution in [0.4, 0.5) is 0 Å². The summed E-state index contributed by atoms with van der Waals surface area (Å²) >= 11 is 0. The lowest BCUT2D eigenvalue weighted by Crippen LogP contribution is -2.39. The molecule has 124 valence electrons. The SMILES string of the molecule is CCN[C@@H](CCCCNC(=O)CCC(C)C)C(=O)C(C)C. The molecule has 0 spiro atoms. The maximum absolute atomic E-state index is 12.0. The van der Waals surface area contributed by atoms with Crippen LogP contribution in [0.25, 0.3) is 0 Å². The lowest BCUT2D eigenvalue weighted by Gasteiger charge is -2.18. The second-order valence-electron chi connectivity index (χ2n) is 6.45. The van der Waals surface area contributed by atoms with Crippen LogP contribution in [0.3, 0.4) is 0 Å². The van der Waals surface area contributed by atoms with E-state index in [1.165, 1.54) is 0 Å². The van der Waals surface area contributed by atoms with Gasteiger partial charge in [-0.25, -0.2) is 0 Å². The summed E-state index contributed by atoms with van der Waals surface area (Å²) in [6.07, 6.45) is 4.30. The fourth-order valence-corrected chi connectivity index (χ4v) is 2.20. The maximum Gasteiger partial charge on any atom is 0.220 e. The van der Waals surface area contributed by atoms with E-state index in [2.05, 4.69) is 24.5 Å². The summed E-state index contributed by atoms with van der Waals surface area (Å²) in [4.78, 5) is 23.6. The van der Waals surface area contributed by atoms with Gasteiger partial charge in [-0.2, -0.15) is 0 Å². The van der Waals surface area contributed by atoms with Crippen LogP contribution in [0, 0.1) is 11.8 Å². The molecule has 4 heteroatoms. The number of hydrogen-bond acceptors (Lipinski definition) is 3. The zero-order valence-corrected chi connectivity index (χ0v) is 14.5. The largest absolute Gasteiger partial charge is 0.356 e. The predicted octanol–water partition coefficient (Wildman–Crippen LogP) is 2.91. The topological polar surface area (TPSA) is 58.2 Å². The first-order valence-electron chi connectivity index (χ1n) is 8.42. The molecule has 0 aromatic carbocycles. The molecule has 0 aromatic heterocycles. The Labute approximate surface area is 130 Å². The molecule has 0 aliphatic heterocycles. The van der Waals surface area contributed by atoms with E-state index >= 15 is 0 Å². The van der Waals surface area contributed by atoms with Crippen molar-refractivity contribution in [1.29, 1.82) is 0 Å². The van der Waals surface area contributed by atoms with Gasteiger partial charge in [-0.1, -0.05) is 34.6 Å². The van der Waals surface area contributed by atoms with Crippen molar-refractivity contribution in [3.63, 3.8) is 0 Å². The number of rotatable bonds is 12. The molecule has 0 aliphatic carbocycles. The van der Waals surface area contributed by atoms with Crippen LogP contribution in [0.15, 0.2) is 0 Å². The Morgan fingerprint density at radius 1 is 1.00 bits per heavy atom. The van der Waals surface area contributed by atoms with Gasteiger partial charge >= 0.3 is 0 Å². The van der Waals surface area contributed by atoms with Crippen LogP contribution in [0.1, 0.15) is 66.7 Å². The summed E-state index contributed by atoms with van der Waals surface area (Å²) in [5.41, 5.74) is 0. The number of ketones is 1. The molecular weight excluding hydrogens is 264 g/mol. The number of Topliss-reactive ketones (excluding diaryl/α,β-unsaturated/α-hetero) is 1. The first-order valence-corrected chi connectivity index (χ1v) is 8.42. The van der Waals surface area contributed by atoms with Gasteiger partial charge in [-0.3, -0.25) is 9.59 Å². The van der Waals surface area contributed by atoms with Crippen molar-refractivity contribution in [3.8, 4) is 0 Å². The third-order valence-corrected chi connectivity index (χ3v) is 3.55. The number of likely N-dealkylation sites (N-methyl/N-ethyl adjacent to an activating group) is 1. The summed E-state index contributed by atoms with van der Waals surface area (Å²) in [7, 11) is 0. The smallest absolute Gasteiger partial charge is 0.220 e. The van der Waals surface area contributed by atoms with E-state index in [1.807, 2.05) is 20.8 Å². The normalized spacial score (nSPS) is 12.7. The lowest BCUT2D eigenvalue weighted by molar-refractivity contribution is -0.124. The molecule has 0 saturated carbocycles. The van der Waals surface area contributed by atoms with E-state index in [9.17, 15) is 9.59 Å². The number of nitrogens with one attached hydrogen (secondary N) is 2. The Bertz CT molecular complexity index is 301. The predicted molar refractivity (Wildman–Crippen MR) is 88.2 cm³/mol. The fourth-order valence-electron chi connectivity index (χ4n) is 2.20. The van der Waals surface area contributed by atoms with Crippen LogP contribution < -0.4 is 10.6 Å². The first kappa shape index (κ1) is 20.1. The minimum absolute atomic E-state index is 0.0355. The average molecular weight is 298 g/mol. The monoisotopic (exact) mass is 298 g/mol. The van der Waals surface area contributed by atoms with Gasteiger partial charge in [0.1, 0.15) is 0 Å². The average Bonchev–Trinajstić information content (AvgIpc) is 2.42. The third kappa shape index (κ3) is 10.5. The summed E-state index contributed by atoms with van der Waals surface area (Å²) in [6.45, 7) is 11.7. The van der Waals surface area contributed by atoms with Gasteiger partial charge in [0.15, 0.2) is 5.78 Å². The van der Waals surface area contributed by atoms with Gasteiger partial charge < -0.3 is 10.6 Å². The standard InChI is InChI=1S/C17H34N2O2/c1-6-18-15(17(21)14(4)5)9-7-8-12-19-16(20)11-10-13(2)3/h13-15,18H,6-12H2,1-5H3,(H,19,20)/t15-/m0/s1. The highest BCUT2D eigenvalue weighted by Gasteiger charge is 2.19. The number of unbranched alkanes of at least 4 members (excludes halogenated alkanes) is 1. The number of carbonyl (C=O) groups excluding carboxylic acids is 2. The van der Waals surface area contributed by atoms with Crippen molar-refractivity contribution in [2.24, 2.45) is 11.8 Å². The molecule has 0 aliphatic rings. The van der Waals surface area contributed by atoms with E-state index in [1.54, 1.807) is 0 Å². The molecule has 1 atom stereocenters. The number of amides is 1. The molecule has 0 rings (SSSR count). The van der Waals surface area contributed by atoms with Gasteiger partial charge in [0.25, 0.3) is 0 Å². The summed E-state index contributed by atoms with van der Waals surface area (Å²) in [5, 5.41) is 6.21. The van der Waals surface area contributed by atoms with Gasteiger partial charge in [-0.05, 0) is 38.1 Å². The van der Waals surface area contributed by atoms with Crippen molar-refractivity contribution < 1.29 is 9.59 Å². The van der Waals surface area contributed by atoms with Crippen LogP contribution in [0.2, 0.25) is 0 Å². The van der Waals surface area contributed by atoms with Gasteiger partial charge in [0, 0.05) is 18.9 Å². The van der Waals surface area contributed by atoms with Gasteiger partial charge in [-0.15, -0.1) is 0 Å². The minimum atomic E-state index is -0.0355. The Balaban J connectivity index is 3.80. The van der Waals surface area contributed by atoms with E-state index in [0.717, 1.165) is 32.2 Å². The molecule has 4 nitrogen and oxygen atoms in total. The maximum atomic E-state index is 12.0. The second-order valence-corrected chi connectivity index (χ2v) is 6.45. The lowest BCUT2D eigenvalue weighted by atomic mass is 9.97. The first-order chi connectivity index (χ1) is 9.88. The van der Waals surface area contributed by atoms with E-state index in [0.29, 0.717) is 18.9 Å². The Hall–Kier alpha value is -0.900. The van der Waals surface area contributed by atoms with Crippen LogP contribution in [-0.4, -0.2) is 30.8 Å². The molecule has 0 radical (unpaired) electrons. The fraction of sp³-hybridized carbons (Fsp3) is 0.882. The van der Waals surface area contributed by atoms with E-state index in [-0.39, 0.29) is 23.7 Å². The van der Waals surface area contributed by atoms with Crippen molar-refractivity contribution >= 4 is 11.7 Å². The van der Waals surface area contributed by atoms with Crippen LogP contribution in [-0.2, 0) is 9.59 Å². The Morgan fingerprint density at radius 3 is 2.19 bits per heavy atom. The molecule has 0 aromatic rings. The highest BCUT2D eigenvalue weighted by molar-refractivity contribution is 5.85. The van der Waals surface area contributed by atoms with Crippen molar-refractivity contribution in [3.05, 3.63) is 0 Å². The van der Waals surface area contributed by atoms with Gasteiger partial charge in [0.05, 0.1) is 6.04 Å². The van der Waals surface area contributed by atoms with Crippen LogP contribution in [0.5, 0.6) is 0 Å². The second kappa shape index (κ2) is 11.7. The Kier molecular flexibility index (Phi) is 11.2. The zero-order valence-electron chi connectivity index (χ0n) is 14.5. The van der Waals surface area contributed by atoms with Crippen molar-refractivity contribution in [2.75, 3.05) is 13.1 Å². The molecule has 2 N–H and O–H groups in total. The van der Waals surface area contributed by atoms with E-state index < -0.39 is 0 Å². The van der Waals surface area contributed by atoms with Crippen LogP contribution >= 0.6 is 0 Å². The number of hydrogen-bond donors (Lipinski definition) is 2. The molecule has 0 unspecified atom stereocenters. The molecule has 21 heavy (non-hydrogen) atoms. The molecule has 0 saturated heterocycles. The Morgan fingerprint density at radius 2 is 1.67 bits per heavy atom. The summed E-state index contributed by atoms with van der Waals surface area (Å²) < 4.78 is 0. The highest BCUT2D eigenvalue weighted by atomic mass is 16.1. The van der Waals surface area contributed by atoms with Crippen molar-refractivity contribution in [1.82, 2.24) is 10.6 Å².